The van der Waals surface area contributed by atoms with E-state index in [0.29, 0.717) is 4.08 Å². The third kappa shape index (κ3) is 6.82. The van der Waals surface area contributed by atoms with Gasteiger partial charge in [-0.2, -0.15) is 0 Å². The molecule has 0 N–H and O–H groups in total. The van der Waals surface area contributed by atoms with Crippen molar-refractivity contribution in [1.82, 2.24) is 0 Å². The molecule has 1 unspecified atom stereocenters. The molecule has 1 fully saturated rings. The van der Waals surface area contributed by atoms with E-state index in [-0.39, 0.29) is 0 Å². The lowest BCUT2D eigenvalue weighted by Crippen LogP contribution is -2.41. The Bertz CT molecular complexity index is 670. The van der Waals surface area contributed by atoms with Gasteiger partial charge in [-0.05, 0) is 63.3 Å². The monoisotopic (exact) mass is 426 g/mol. The van der Waals surface area contributed by atoms with Crippen molar-refractivity contribution in [3.8, 4) is 0 Å². The highest BCUT2D eigenvalue weighted by molar-refractivity contribution is 8.18. The third-order valence-electron chi connectivity index (χ3n) is 6.24. The molecule has 2 aromatic rings. The molecule has 29 heavy (non-hydrogen) atoms. The Morgan fingerprint density at radius 3 is 1.66 bits per heavy atom. The van der Waals surface area contributed by atoms with Crippen molar-refractivity contribution in [2.75, 3.05) is 0 Å². The molecule has 2 heteroatoms. The van der Waals surface area contributed by atoms with Crippen LogP contribution < -0.4 is 0 Å². The number of benzene rings is 2. The van der Waals surface area contributed by atoms with Gasteiger partial charge in [-0.15, -0.1) is 23.5 Å². The summed E-state index contributed by atoms with van der Waals surface area (Å²) in [6, 6.07) is 18.3. The maximum absolute atomic E-state index is 2.32. The molecular weight excluding hydrogens is 388 g/mol. The maximum atomic E-state index is 2.32. The van der Waals surface area contributed by atoms with Crippen LogP contribution in [0.15, 0.2) is 58.3 Å². The van der Waals surface area contributed by atoms with E-state index in [0.717, 1.165) is 5.92 Å². The Morgan fingerprint density at radius 1 is 0.724 bits per heavy atom. The number of hydrogen-bond donors (Lipinski definition) is 0. The Hall–Kier alpha value is -0.860. The van der Waals surface area contributed by atoms with Gasteiger partial charge in [-0.25, -0.2) is 0 Å². The van der Waals surface area contributed by atoms with E-state index in [1.54, 1.807) is 0 Å². The fourth-order valence-corrected chi connectivity index (χ4v) is 7.53. The summed E-state index contributed by atoms with van der Waals surface area (Å²) in [5.41, 5.74) is 2.70. The zero-order chi connectivity index (χ0) is 20.5. The molecule has 2 aromatic carbocycles. The second-order valence-corrected chi connectivity index (χ2v) is 11.9. The van der Waals surface area contributed by atoms with Crippen molar-refractivity contribution in [3.05, 3.63) is 59.7 Å². The van der Waals surface area contributed by atoms with Crippen LogP contribution in [0.3, 0.4) is 0 Å². The zero-order valence-electron chi connectivity index (χ0n) is 18.6. The van der Waals surface area contributed by atoms with Crippen LogP contribution in [0.25, 0.3) is 0 Å². The molecule has 158 valence electrons. The van der Waals surface area contributed by atoms with Gasteiger partial charge in [0.15, 0.2) is 0 Å². The van der Waals surface area contributed by atoms with Crippen LogP contribution in [0.1, 0.15) is 82.3 Å². The molecule has 1 atom stereocenters. The number of hydrogen-bond acceptors (Lipinski definition) is 2. The van der Waals surface area contributed by atoms with Crippen LogP contribution in [0.5, 0.6) is 0 Å². The number of unbranched alkanes of at least 4 members (excludes halogenated alkanes) is 6. The van der Waals surface area contributed by atoms with Crippen LogP contribution >= 0.6 is 23.5 Å². The predicted molar refractivity (Wildman–Crippen MR) is 132 cm³/mol. The fraction of sp³-hybridized carbons (Fsp3) is 0.556. The molecule has 0 aromatic heterocycles. The molecule has 0 spiro atoms. The molecule has 0 saturated heterocycles. The minimum atomic E-state index is 0.312. The molecule has 0 radical (unpaired) electrons. The third-order valence-corrected chi connectivity index (χ3v) is 9.52. The molecule has 3 rings (SSSR count). The maximum Gasteiger partial charge on any atom is 0.0733 e. The van der Waals surface area contributed by atoms with Gasteiger partial charge in [0.1, 0.15) is 0 Å². The van der Waals surface area contributed by atoms with Gasteiger partial charge in [0.25, 0.3) is 0 Å². The van der Waals surface area contributed by atoms with Crippen molar-refractivity contribution in [3.63, 3.8) is 0 Å². The summed E-state index contributed by atoms with van der Waals surface area (Å²) in [4.78, 5) is 2.86. The highest BCUT2D eigenvalue weighted by atomic mass is 32.2. The van der Waals surface area contributed by atoms with Crippen molar-refractivity contribution < 1.29 is 0 Å². The van der Waals surface area contributed by atoms with Crippen LogP contribution in [0.4, 0.5) is 0 Å². The van der Waals surface area contributed by atoms with Crippen molar-refractivity contribution in [2.45, 2.75) is 98.8 Å². The molecule has 1 aliphatic carbocycles. The average Bonchev–Trinajstić information content (AvgIpc) is 2.72. The van der Waals surface area contributed by atoms with E-state index in [2.05, 4.69) is 92.8 Å². The van der Waals surface area contributed by atoms with E-state index >= 15 is 0 Å². The quantitative estimate of drug-likeness (QED) is 0.245. The number of aryl methyl sites for hydroxylation is 2. The first-order valence-electron chi connectivity index (χ1n) is 11.6. The molecule has 0 bridgehead atoms. The van der Waals surface area contributed by atoms with Gasteiger partial charge >= 0.3 is 0 Å². The zero-order valence-corrected chi connectivity index (χ0v) is 20.2. The summed E-state index contributed by atoms with van der Waals surface area (Å²) in [5.74, 6) is 0.829. The second kappa shape index (κ2) is 11.5. The molecule has 0 nitrogen and oxygen atoms in total. The normalized spacial score (nSPS) is 17.8. The topological polar surface area (TPSA) is 0 Å². The minimum absolute atomic E-state index is 0.312. The summed E-state index contributed by atoms with van der Waals surface area (Å²) in [7, 11) is 0. The lowest BCUT2D eigenvalue weighted by Gasteiger charge is -2.49. The summed E-state index contributed by atoms with van der Waals surface area (Å²) < 4.78 is 0.312. The Labute approximate surface area is 187 Å². The van der Waals surface area contributed by atoms with Crippen molar-refractivity contribution >= 4 is 23.5 Å². The minimum Gasteiger partial charge on any atom is -0.108 e. The van der Waals surface area contributed by atoms with E-state index in [1.807, 2.05) is 0 Å². The number of thioether (sulfide) groups is 2. The van der Waals surface area contributed by atoms with Crippen LogP contribution in [-0.2, 0) is 0 Å². The molecule has 1 saturated carbocycles. The van der Waals surface area contributed by atoms with Crippen LogP contribution in [0, 0.1) is 19.8 Å². The lowest BCUT2D eigenvalue weighted by atomic mass is 9.80. The highest BCUT2D eigenvalue weighted by Gasteiger charge is 2.48. The van der Waals surface area contributed by atoms with Gasteiger partial charge in [0, 0.05) is 9.79 Å². The van der Waals surface area contributed by atoms with Gasteiger partial charge < -0.3 is 0 Å². The van der Waals surface area contributed by atoms with E-state index in [4.69, 9.17) is 0 Å². The Kier molecular flexibility index (Phi) is 9.06. The predicted octanol–water partition coefficient (Wildman–Crippen LogP) is 9.43. The smallest absolute Gasteiger partial charge is 0.0733 e. The Balaban J connectivity index is 1.61. The summed E-state index contributed by atoms with van der Waals surface area (Å²) in [5, 5.41) is 0. The number of rotatable bonds is 12. The van der Waals surface area contributed by atoms with Gasteiger partial charge in [0.05, 0.1) is 4.08 Å². The second-order valence-electron chi connectivity index (χ2n) is 8.79. The lowest BCUT2D eigenvalue weighted by molar-refractivity contribution is 0.274. The Morgan fingerprint density at radius 2 is 1.21 bits per heavy atom. The summed E-state index contributed by atoms with van der Waals surface area (Å²) in [6.45, 7) is 6.66. The van der Waals surface area contributed by atoms with Crippen LogP contribution in [0.2, 0.25) is 0 Å². The van der Waals surface area contributed by atoms with Crippen molar-refractivity contribution in [1.29, 1.82) is 0 Å². The van der Waals surface area contributed by atoms with E-state index in [1.165, 1.54) is 85.1 Å². The first kappa shape index (κ1) is 22.8. The molecule has 0 amide bonds. The average molecular weight is 427 g/mol. The van der Waals surface area contributed by atoms with Crippen LogP contribution in [-0.4, -0.2) is 4.08 Å². The standard InChI is InChI=1S/C27H38S2/c1-4-5-6-7-8-9-10-11-24-20-21-27(24,28-25-16-12-22(2)13-17-25)29-26-18-14-23(3)15-19-26/h12-19,24H,4-11,20-21H2,1-3H3. The summed E-state index contributed by atoms with van der Waals surface area (Å²) in [6.07, 6.45) is 14.0. The molecule has 1 aliphatic rings. The molecule has 0 aliphatic heterocycles. The van der Waals surface area contributed by atoms with Crippen molar-refractivity contribution in [2.24, 2.45) is 5.92 Å². The highest BCUT2D eigenvalue weighted by Crippen LogP contribution is 2.62. The first-order chi connectivity index (χ1) is 14.1. The fourth-order valence-electron chi connectivity index (χ4n) is 4.20. The van der Waals surface area contributed by atoms with Gasteiger partial charge in [-0.1, -0.05) is 87.3 Å². The SMILES string of the molecule is CCCCCCCCCC1CCC1(Sc1ccc(C)cc1)Sc1ccc(C)cc1. The first-order valence-corrected chi connectivity index (χ1v) is 13.3. The van der Waals surface area contributed by atoms with Gasteiger partial charge in [-0.3, -0.25) is 0 Å². The summed E-state index contributed by atoms with van der Waals surface area (Å²) >= 11 is 4.26. The largest absolute Gasteiger partial charge is 0.108 e. The molecule has 0 heterocycles. The van der Waals surface area contributed by atoms with E-state index < -0.39 is 0 Å². The molecular formula is C27H38S2. The van der Waals surface area contributed by atoms with E-state index in [9.17, 15) is 0 Å². The van der Waals surface area contributed by atoms with Gasteiger partial charge in [0.2, 0.25) is 0 Å².